The van der Waals surface area contributed by atoms with E-state index in [2.05, 4.69) is 0 Å². The number of Topliss-reactive ketones (excluding diaryl/α,β-unsaturated/α-hetero) is 1. The molecule has 0 radical (unpaired) electrons. The second kappa shape index (κ2) is 7.43. The van der Waals surface area contributed by atoms with Crippen LogP contribution in [0.1, 0.15) is 31.4 Å². The number of carbonyl (C=O) groups excluding carboxylic acids is 3. The molecule has 1 atom stereocenters. The van der Waals surface area contributed by atoms with Gasteiger partial charge < -0.3 is 9.47 Å². The van der Waals surface area contributed by atoms with E-state index in [4.69, 9.17) is 9.47 Å². The first-order chi connectivity index (χ1) is 9.43. The lowest BCUT2D eigenvalue weighted by molar-refractivity contribution is -0.164. The maximum absolute atomic E-state index is 11.7. The van der Waals surface area contributed by atoms with Crippen LogP contribution in [0, 0.1) is 6.92 Å². The zero-order valence-corrected chi connectivity index (χ0v) is 11.8. The van der Waals surface area contributed by atoms with E-state index in [0.717, 1.165) is 11.1 Å². The van der Waals surface area contributed by atoms with Gasteiger partial charge in [-0.2, -0.15) is 0 Å². The molecule has 1 rings (SSSR count). The standard InChI is InChI=1S/C15H18O5/c1-4-13(20-11(3)16)14(17)15(18)19-9-12-7-5-10(2)6-8-12/h5-8,13H,4,9H2,1-3H3. The average molecular weight is 278 g/mol. The van der Waals surface area contributed by atoms with Crippen molar-refractivity contribution in [1.29, 1.82) is 0 Å². The summed E-state index contributed by atoms with van der Waals surface area (Å²) in [5, 5.41) is 0. The van der Waals surface area contributed by atoms with Crippen LogP contribution in [0.3, 0.4) is 0 Å². The van der Waals surface area contributed by atoms with E-state index in [-0.39, 0.29) is 13.0 Å². The Labute approximate surface area is 117 Å². The Bertz CT molecular complexity index is 489. The third-order valence-electron chi connectivity index (χ3n) is 2.66. The molecule has 0 aliphatic heterocycles. The molecule has 0 amide bonds. The highest BCUT2D eigenvalue weighted by Crippen LogP contribution is 2.07. The zero-order valence-electron chi connectivity index (χ0n) is 11.8. The third-order valence-corrected chi connectivity index (χ3v) is 2.66. The highest BCUT2D eigenvalue weighted by Gasteiger charge is 2.27. The van der Waals surface area contributed by atoms with Gasteiger partial charge in [-0.3, -0.25) is 9.59 Å². The first kappa shape index (κ1) is 15.9. The molecule has 0 spiro atoms. The number of carbonyl (C=O) groups is 3. The molecule has 20 heavy (non-hydrogen) atoms. The molecule has 108 valence electrons. The second-order valence-corrected chi connectivity index (χ2v) is 4.43. The SMILES string of the molecule is CCC(OC(C)=O)C(=O)C(=O)OCc1ccc(C)cc1. The van der Waals surface area contributed by atoms with Crippen LogP contribution in [0.25, 0.3) is 0 Å². The first-order valence-electron chi connectivity index (χ1n) is 6.37. The molecule has 1 aromatic carbocycles. The molecule has 1 unspecified atom stereocenters. The summed E-state index contributed by atoms with van der Waals surface area (Å²) < 4.78 is 9.68. The topological polar surface area (TPSA) is 69.7 Å². The van der Waals surface area contributed by atoms with Crippen molar-refractivity contribution in [1.82, 2.24) is 0 Å². The van der Waals surface area contributed by atoms with Crippen molar-refractivity contribution in [2.45, 2.75) is 39.9 Å². The lowest BCUT2D eigenvalue weighted by Crippen LogP contribution is -2.33. The van der Waals surface area contributed by atoms with E-state index in [1.165, 1.54) is 6.92 Å². The smallest absolute Gasteiger partial charge is 0.379 e. The Hall–Kier alpha value is -2.17. The largest absolute Gasteiger partial charge is 0.455 e. The normalized spacial score (nSPS) is 11.6. The predicted molar refractivity (Wildman–Crippen MR) is 71.8 cm³/mol. The van der Waals surface area contributed by atoms with Gasteiger partial charge in [-0.15, -0.1) is 0 Å². The van der Waals surface area contributed by atoms with Crippen LogP contribution in [-0.2, 0) is 30.5 Å². The molecule has 0 heterocycles. The van der Waals surface area contributed by atoms with Gasteiger partial charge in [-0.05, 0) is 18.9 Å². The molecule has 0 aliphatic carbocycles. The summed E-state index contributed by atoms with van der Waals surface area (Å²) >= 11 is 0. The van der Waals surface area contributed by atoms with Gasteiger partial charge in [0.2, 0.25) is 0 Å². The van der Waals surface area contributed by atoms with Crippen molar-refractivity contribution in [3.05, 3.63) is 35.4 Å². The van der Waals surface area contributed by atoms with Crippen molar-refractivity contribution in [3.63, 3.8) is 0 Å². The lowest BCUT2D eigenvalue weighted by atomic mass is 10.1. The molecule has 0 saturated carbocycles. The van der Waals surface area contributed by atoms with E-state index in [9.17, 15) is 14.4 Å². The number of hydrogen-bond acceptors (Lipinski definition) is 5. The monoisotopic (exact) mass is 278 g/mol. The van der Waals surface area contributed by atoms with Gasteiger partial charge in [-0.1, -0.05) is 36.8 Å². The minimum Gasteiger partial charge on any atom is -0.455 e. The summed E-state index contributed by atoms with van der Waals surface area (Å²) in [5.41, 5.74) is 1.88. The molecule has 0 N–H and O–H groups in total. The highest BCUT2D eigenvalue weighted by atomic mass is 16.6. The van der Waals surface area contributed by atoms with Gasteiger partial charge in [-0.25, -0.2) is 4.79 Å². The minimum atomic E-state index is -1.07. The van der Waals surface area contributed by atoms with E-state index in [1.54, 1.807) is 6.92 Å². The molecule has 0 aromatic heterocycles. The number of esters is 2. The van der Waals surface area contributed by atoms with Crippen molar-refractivity contribution in [2.24, 2.45) is 0 Å². The Kier molecular flexibility index (Phi) is 5.90. The summed E-state index contributed by atoms with van der Waals surface area (Å²) in [6, 6.07) is 7.41. The molecule has 0 bridgehead atoms. The molecule has 0 aliphatic rings. The quantitative estimate of drug-likeness (QED) is 0.587. The Balaban J connectivity index is 2.54. The number of rotatable bonds is 6. The molecule has 0 saturated heterocycles. The molecule has 5 nitrogen and oxygen atoms in total. The first-order valence-corrected chi connectivity index (χ1v) is 6.37. The Morgan fingerprint density at radius 3 is 2.25 bits per heavy atom. The van der Waals surface area contributed by atoms with Gasteiger partial charge >= 0.3 is 11.9 Å². The van der Waals surface area contributed by atoms with Gasteiger partial charge in [0.05, 0.1) is 0 Å². The number of ketones is 1. The average Bonchev–Trinajstić information content (AvgIpc) is 2.42. The Morgan fingerprint density at radius 2 is 1.75 bits per heavy atom. The predicted octanol–water partition coefficient (Wildman–Crippen LogP) is 1.95. The van der Waals surface area contributed by atoms with Crippen LogP contribution >= 0.6 is 0 Å². The van der Waals surface area contributed by atoms with Crippen molar-refractivity contribution in [3.8, 4) is 0 Å². The molecule has 5 heteroatoms. The zero-order chi connectivity index (χ0) is 15.1. The van der Waals surface area contributed by atoms with Crippen LogP contribution < -0.4 is 0 Å². The summed E-state index contributed by atoms with van der Waals surface area (Å²) in [7, 11) is 0. The highest BCUT2D eigenvalue weighted by molar-refractivity contribution is 6.35. The van der Waals surface area contributed by atoms with Crippen LogP contribution in [0.15, 0.2) is 24.3 Å². The van der Waals surface area contributed by atoms with Crippen LogP contribution in [0.4, 0.5) is 0 Å². The van der Waals surface area contributed by atoms with Crippen molar-refractivity contribution < 1.29 is 23.9 Å². The lowest BCUT2D eigenvalue weighted by Gasteiger charge is -2.13. The van der Waals surface area contributed by atoms with Gasteiger partial charge in [0.1, 0.15) is 6.61 Å². The van der Waals surface area contributed by atoms with Gasteiger partial charge in [0.15, 0.2) is 6.10 Å². The fraction of sp³-hybridized carbons (Fsp3) is 0.400. The van der Waals surface area contributed by atoms with Crippen LogP contribution in [0.2, 0.25) is 0 Å². The van der Waals surface area contributed by atoms with Gasteiger partial charge in [0, 0.05) is 6.92 Å². The number of hydrogen-bond donors (Lipinski definition) is 0. The number of ether oxygens (including phenoxy) is 2. The van der Waals surface area contributed by atoms with E-state index in [1.807, 2.05) is 31.2 Å². The van der Waals surface area contributed by atoms with Crippen molar-refractivity contribution in [2.75, 3.05) is 0 Å². The minimum absolute atomic E-state index is 0.0152. The number of benzene rings is 1. The fourth-order valence-corrected chi connectivity index (χ4v) is 1.56. The van der Waals surface area contributed by atoms with Crippen LogP contribution in [-0.4, -0.2) is 23.8 Å². The molecule has 0 fully saturated rings. The van der Waals surface area contributed by atoms with Crippen molar-refractivity contribution >= 4 is 17.7 Å². The van der Waals surface area contributed by atoms with E-state index >= 15 is 0 Å². The molecular weight excluding hydrogens is 260 g/mol. The van der Waals surface area contributed by atoms with Crippen LogP contribution in [0.5, 0.6) is 0 Å². The number of aryl methyl sites for hydroxylation is 1. The fourth-order valence-electron chi connectivity index (χ4n) is 1.56. The third kappa shape index (κ3) is 4.84. The second-order valence-electron chi connectivity index (χ2n) is 4.43. The summed E-state index contributed by atoms with van der Waals surface area (Å²) in [6.07, 6.45) is -0.837. The van der Waals surface area contributed by atoms with Gasteiger partial charge in [0.25, 0.3) is 5.78 Å². The maximum atomic E-state index is 11.7. The summed E-state index contributed by atoms with van der Waals surface area (Å²) in [6.45, 7) is 4.80. The van der Waals surface area contributed by atoms with E-state index in [0.29, 0.717) is 0 Å². The summed E-state index contributed by atoms with van der Waals surface area (Å²) in [5.74, 6) is -2.43. The summed E-state index contributed by atoms with van der Waals surface area (Å²) in [4.78, 5) is 34.2. The van der Waals surface area contributed by atoms with E-state index < -0.39 is 23.8 Å². The molecule has 1 aromatic rings. The Morgan fingerprint density at radius 1 is 1.15 bits per heavy atom. The molecular formula is C15H18O5. The maximum Gasteiger partial charge on any atom is 0.379 e.